The minimum Gasteiger partial charge on any atom is -0.329 e. The van der Waals surface area contributed by atoms with Crippen LogP contribution in [0.4, 0.5) is 0 Å². The smallest absolute Gasteiger partial charge is 0.0311 e. The van der Waals surface area contributed by atoms with Crippen LogP contribution in [-0.4, -0.2) is 18.1 Å². The van der Waals surface area contributed by atoms with Gasteiger partial charge in [0.1, 0.15) is 0 Å². The molecule has 0 aromatic carbocycles. The number of nitrogens with one attached hydrogen (secondary N) is 1. The zero-order valence-corrected chi connectivity index (χ0v) is 8.56. The average Bonchev–Trinajstić information content (AvgIpc) is 2.01. The molecule has 1 atom stereocenters. The number of rotatable bonds is 4. The molecule has 1 unspecified atom stereocenters. The van der Waals surface area contributed by atoms with E-state index in [4.69, 9.17) is 5.73 Å². The number of hydrogen-bond donors (Lipinski definition) is 2. The highest BCUT2D eigenvalue weighted by Crippen LogP contribution is 2.36. The lowest BCUT2D eigenvalue weighted by Crippen LogP contribution is -2.61. The molecule has 0 radical (unpaired) electrons. The van der Waals surface area contributed by atoms with E-state index in [2.05, 4.69) is 26.1 Å². The Balaban J connectivity index is 2.36. The zero-order valence-electron chi connectivity index (χ0n) is 8.56. The van der Waals surface area contributed by atoms with Crippen molar-refractivity contribution in [1.29, 1.82) is 0 Å². The van der Waals surface area contributed by atoms with Crippen molar-refractivity contribution in [3.8, 4) is 0 Å². The largest absolute Gasteiger partial charge is 0.329 e. The fourth-order valence-electron chi connectivity index (χ4n) is 2.24. The van der Waals surface area contributed by atoms with E-state index in [0.717, 1.165) is 12.5 Å². The predicted octanol–water partition coefficient (Wildman–Crippen LogP) is 1.50. The second kappa shape index (κ2) is 3.75. The van der Waals surface area contributed by atoms with Crippen molar-refractivity contribution in [3.63, 3.8) is 0 Å². The summed E-state index contributed by atoms with van der Waals surface area (Å²) in [4.78, 5) is 0. The lowest BCUT2D eigenvalue weighted by atomic mass is 9.69. The molecular weight excluding hydrogens is 148 g/mol. The predicted molar refractivity (Wildman–Crippen MR) is 53.1 cm³/mol. The normalized spacial score (nSPS) is 37.5. The molecule has 0 amide bonds. The SMILES string of the molecule is CCC(C)NC1(CN)CC(C)C1. The first kappa shape index (κ1) is 10.0. The van der Waals surface area contributed by atoms with Crippen molar-refractivity contribution in [1.82, 2.24) is 5.32 Å². The molecule has 3 N–H and O–H groups in total. The molecule has 72 valence electrons. The van der Waals surface area contributed by atoms with E-state index >= 15 is 0 Å². The Morgan fingerprint density at radius 2 is 2.17 bits per heavy atom. The Kier molecular flexibility index (Phi) is 3.13. The molecule has 2 heteroatoms. The summed E-state index contributed by atoms with van der Waals surface area (Å²) in [6.45, 7) is 7.54. The van der Waals surface area contributed by atoms with E-state index in [9.17, 15) is 0 Å². The van der Waals surface area contributed by atoms with Gasteiger partial charge in [-0.05, 0) is 32.1 Å². The fraction of sp³-hybridized carbons (Fsp3) is 1.00. The molecule has 0 heterocycles. The van der Waals surface area contributed by atoms with E-state index in [1.54, 1.807) is 0 Å². The topological polar surface area (TPSA) is 38.0 Å². The maximum atomic E-state index is 5.77. The molecule has 0 aromatic heterocycles. The van der Waals surface area contributed by atoms with Crippen molar-refractivity contribution in [2.45, 2.75) is 51.6 Å². The van der Waals surface area contributed by atoms with Crippen molar-refractivity contribution in [3.05, 3.63) is 0 Å². The maximum Gasteiger partial charge on any atom is 0.0311 e. The summed E-state index contributed by atoms with van der Waals surface area (Å²) in [6.07, 6.45) is 3.71. The van der Waals surface area contributed by atoms with Gasteiger partial charge in [-0.3, -0.25) is 0 Å². The standard InChI is InChI=1S/C10H22N2/c1-4-9(3)12-10(7-11)5-8(2)6-10/h8-9,12H,4-7,11H2,1-3H3. The van der Waals surface area contributed by atoms with Gasteiger partial charge in [-0.2, -0.15) is 0 Å². The van der Waals surface area contributed by atoms with Crippen LogP contribution in [0.1, 0.15) is 40.0 Å². The third-order valence-electron chi connectivity index (χ3n) is 3.03. The summed E-state index contributed by atoms with van der Waals surface area (Å²) < 4.78 is 0. The van der Waals surface area contributed by atoms with Gasteiger partial charge in [0.15, 0.2) is 0 Å². The lowest BCUT2D eigenvalue weighted by molar-refractivity contribution is 0.110. The van der Waals surface area contributed by atoms with Crippen LogP contribution in [0, 0.1) is 5.92 Å². The first-order chi connectivity index (χ1) is 5.62. The second-order valence-corrected chi connectivity index (χ2v) is 4.45. The lowest BCUT2D eigenvalue weighted by Gasteiger charge is -2.48. The van der Waals surface area contributed by atoms with Crippen LogP contribution in [0.2, 0.25) is 0 Å². The molecule has 1 aliphatic carbocycles. The number of nitrogens with two attached hydrogens (primary N) is 1. The zero-order chi connectivity index (χ0) is 9.19. The average molecular weight is 170 g/mol. The molecule has 0 aliphatic heterocycles. The monoisotopic (exact) mass is 170 g/mol. The number of hydrogen-bond acceptors (Lipinski definition) is 2. The first-order valence-electron chi connectivity index (χ1n) is 5.09. The minimum atomic E-state index is 0.287. The molecule has 1 rings (SSSR count). The second-order valence-electron chi connectivity index (χ2n) is 4.45. The van der Waals surface area contributed by atoms with Gasteiger partial charge in [-0.25, -0.2) is 0 Å². The molecule has 12 heavy (non-hydrogen) atoms. The van der Waals surface area contributed by atoms with Gasteiger partial charge in [0.05, 0.1) is 0 Å². The van der Waals surface area contributed by atoms with Crippen LogP contribution in [0.25, 0.3) is 0 Å². The van der Waals surface area contributed by atoms with Gasteiger partial charge in [-0.1, -0.05) is 13.8 Å². The molecule has 0 bridgehead atoms. The van der Waals surface area contributed by atoms with Crippen molar-refractivity contribution in [2.75, 3.05) is 6.54 Å². The summed E-state index contributed by atoms with van der Waals surface area (Å²) in [5, 5.41) is 3.63. The van der Waals surface area contributed by atoms with E-state index in [1.807, 2.05) is 0 Å². The van der Waals surface area contributed by atoms with Crippen LogP contribution in [0.15, 0.2) is 0 Å². The highest BCUT2D eigenvalue weighted by Gasteiger charge is 2.40. The summed E-state index contributed by atoms with van der Waals surface area (Å²) in [7, 11) is 0. The third-order valence-corrected chi connectivity index (χ3v) is 3.03. The van der Waals surface area contributed by atoms with Gasteiger partial charge in [-0.15, -0.1) is 0 Å². The molecule has 1 aliphatic rings. The fourth-order valence-corrected chi connectivity index (χ4v) is 2.24. The van der Waals surface area contributed by atoms with Crippen LogP contribution in [-0.2, 0) is 0 Å². The first-order valence-corrected chi connectivity index (χ1v) is 5.09. The Hall–Kier alpha value is -0.0800. The van der Waals surface area contributed by atoms with E-state index in [0.29, 0.717) is 6.04 Å². The van der Waals surface area contributed by atoms with Gasteiger partial charge < -0.3 is 11.1 Å². The minimum absolute atomic E-state index is 0.287. The third kappa shape index (κ3) is 1.99. The molecule has 1 fully saturated rings. The molecule has 2 nitrogen and oxygen atoms in total. The Labute approximate surface area is 75.9 Å². The Morgan fingerprint density at radius 3 is 2.50 bits per heavy atom. The van der Waals surface area contributed by atoms with Gasteiger partial charge in [0.2, 0.25) is 0 Å². The maximum absolute atomic E-state index is 5.77. The van der Waals surface area contributed by atoms with Crippen molar-refractivity contribution < 1.29 is 0 Å². The van der Waals surface area contributed by atoms with Crippen molar-refractivity contribution in [2.24, 2.45) is 11.7 Å². The van der Waals surface area contributed by atoms with Gasteiger partial charge in [0, 0.05) is 18.1 Å². The molecule has 1 saturated carbocycles. The molecular formula is C10H22N2. The van der Waals surface area contributed by atoms with Crippen LogP contribution < -0.4 is 11.1 Å². The highest BCUT2D eigenvalue weighted by molar-refractivity contribution is 5.01. The molecule has 0 aromatic rings. The van der Waals surface area contributed by atoms with E-state index < -0.39 is 0 Å². The molecule has 0 saturated heterocycles. The van der Waals surface area contributed by atoms with E-state index in [1.165, 1.54) is 19.3 Å². The Morgan fingerprint density at radius 1 is 1.58 bits per heavy atom. The van der Waals surface area contributed by atoms with Crippen LogP contribution in [0.5, 0.6) is 0 Å². The van der Waals surface area contributed by atoms with Gasteiger partial charge in [0.25, 0.3) is 0 Å². The molecule has 0 spiro atoms. The quantitative estimate of drug-likeness (QED) is 0.671. The van der Waals surface area contributed by atoms with Crippen LogP contribution >= 0.6 is 0 Å². The highest BCUT2D eigenvalue weighted by atomic mass is 15.0. The van der Waals surface area contributed by atoms with E-state index in [-0.39, 0.29) is 5.54 Å². The summed E-state index contributed by atoms with van der Waals surface area (Å²) >= 11 is 0. The summed E-state index contributed by atoms with van der Waals surface area (Å²) in [5.74, 6) is 0.866. The van der Waals surface area contributed by atoms with Crippen molar-refractivity contribution >= 4 is 0 Å². The Bertz CT molecular complexity index is 139. The summed E-state index contributed by atoms with van der Waals surface area (Å²) in [6, 6.07) is 0.612. The summed E-state index contributed by atoms with van der Waals surface area (Å²) in [5.41, 5.74) is 6.06. The van der Waals surface area contributed by atoms with Gasteiger partial charge >= 0.3 is 0 Å². The van der Waals surface area contributed by atoms with Crippen LogP contribution in [0.3, 0.4) is 0 Å².